The van der Waals surface area contributed by atoms with Gasteiger partial charge in [0.15, 0.2) is 0 Å². The van der Waals surface area contributed by atoms with Crippen LogP contribution < -0.4 is 5.32 Å². The van der Waals surface area contributed by atoms with Gasteiger partial charge in [0.05, 0.1) is 12.2 Å². The van der Waals surface area contributed by atoms with Crippen LogP contribution >= 0.6 is 11.3 Å². The standard InChI is InChI=1S/C9H13N3O3S/c1-10-7(13)4-12(2)3-6-5-16-8(11-6)9(14)15/h5H,3-4H2,1-2H3,(H,10,13)(H,14,15). The van der Waals surface area contributed by atoms with Crippen LogP contribution in [0.4, 0.5) is 0 Å². The van der Waals surface area contributed by atoms with Gasteiger partial charge in [-0.05, 0) is 7.05 Å². The second-order valence-electron chi connectivity index (χ2n) is 3.29. The van der Waals surface area contributed by atoms with Crippen molar-refractivity contribution >= 4 is 23.2 Å². The first-order chi connectivity index (χ1) is 7.52. The van der Waals surface area contributed by atoms with Crippen molar-refractivity contribution in [3.63, 3.8) is 0 Å². The number of nitrogens with zero attached hydrogens (tertiary/aromatic N) is 2. The molecule has 0 unspecified atom stereocenters. The molecule has 0 saturated heterocycles. The van der Waals surface area contributed by atoms with Crippen molar-refractivity contribution in [2.24, 2.45) is 0 Å². The van der Waals surface area contributed by atoms with Gasteiger partial charge in [-0.3, -0.25) is 9.69 Å². The van der Waals surface area contributed by atoms with Gasteiger partial charge in [-0.1, -0.05) is 0 Å². The number of carbonyl (C=O) groups is 2. The van der Waals surface area contributed by atoms with Crippen molar-refractivity contribution in [2.45, 2.75) is 6.54 Å². The van der Waals surface area contributed by atoms with Crippen LogP contribution in [-0.4, -0.2) is 47.5 Å². The predicted molar refractivity (Wildman–Crippen MR) is 59.5 cm³/mol. The molecule has 2 N–H and O–H groups in total. The van der Waals surface area contributed by atoms with Gasteiger partial charge in [0.25, 0.3) is 0 Å². The molecule has 0 aliphatic heterocycles. The fourth-order valence-electron chi connectivity index (χ4n) is 1.13. The Hall–Kier alpha value is -1.47. The van der Waals surface area contributed by atoms with Crippen LogP contribution in [0, 0.1) is 0 Å². The SMILES string of the molecule is CNC(=O)CN(C)Cc1csc(C(=O)O)n1. The molecule has 0 saturated carbocycles. The molecule has 0 bridgehead atoms. The smallest absolute Gasteiger partial charge is 0.365 e. The molecule has 88 valence electrons. The first-order valence-electron chi connectivity index (χ1n) is 4.59. The number of carboxylic acid groups (broad SMARTS) is 1. The molecule has 1 rings (SSSR count). The van der Waals surface area contributed by atoms with E-state index < -0.39 is 5.97 Å². The first-order valence-corrected chi connectivity index (χ1v) is 5.47. The summed E-state index contributed by atoms with van der Waals surface area (Å²) in [6.07, 6.45) is 0. The summed E-state index contributed by atoms with van der Waals surface area (Å²) in [5.74, 6) is -1.11. The topological polar surface area (TPSA) is 82.5 Å². The number of rotatable bonds is 5. The van der Waals surface area contributed by atoms with Crippen LogP contribution in [0.5, 0.6) is 0 Å². The lowest BCUT2D eigenvalue weighted by molar-refractivity contribution is -0.121. The molecule has 0 atom stereocenters. The Bertz CT molecular complexity index is 391. The maximum absolute atomic E-state index is 11.1. The molecule has 0 aliphatic carbocycles. The number of amides is 1. The quantitative estimate of drug-likeness (QED) is 0.761. The number of carbonyl (C=O) groups excluding carboxylic acids is 1. The van der Waals surface area contributed by atoms with Crippen molar-refractivity contribution in [1.29, 1.82) is 0 Å². The van der Waals surface area contributed by atoms with E-state index in [0.29, 0.717) is 12.2 Å². The van der Waals surface area contributed by atoms with Crippen LogP contribution in [-0.2, 0) is 11.3 Å². The number of hydrogen-bond donors (Lipinski definition) is 2. The highest BCUT2D eigenvalue weighted by Gasteiger charge is 2.11. The Labute approximate surface area is 96.9 Å². The van der Waals surface area contributed by atoms with E-state index in [1.807, 2.05) is 0 Å². The Kier molecular flexibility index (Phi) is 4.39. The third-order valence-corrected chi connectivity index (χ3v) is 2.74. The second kappa shape index (κ2) is 5.57. The van der Waals surface area contributed by atoms with Gasteiger partial charge in [-0.2, -0.15) is 0 Å². The van der Waals surface area contributed by atoms with Crippen molar-refractivity contribution in [3.8, 4) is 0 Å². The minimum Gasteiger partial charge on any atom is -0.476 e. The van der Waals surface area contributed by atoms with Gasteiger partial charge in [0.1, 0.15) is 0 Å². The van der Waals surface area contributed by atoms with Gasteiger partial charge in [0, 0.05) is 19.0 Å². The van der Waals surface area contributed by atoms with Crippen LogP contribution in [0.2, 0.25) is 0 Å². The maximum atomic E-state index is 11.1. The Morgan fingerprint density at radius 1 is 1.62 bits per heavy atom. The lowest BCUT2D eigenvalue weighted by atomic mass is 10.4. The summed E-state index contributed by atoms with van der Waals surface area (Å²) in [4.78, 5) is 27.3. The van der Waals surface area contributed by atoms with Crippen molar-refractivity contribution < 1.29 is 14.7 Å². The number of nitrogens with one attached hydrogen (secondary N) is 1. The summed E-state index contributed by atoms with van der Waals surface area (Å²) in [5, 5.41) is 13.0. The highest BCUT2D eigenvalue weighted by atomic mass is 32.1. The second-order valence-corrected chi connectivity index (χ2v) is 4.15. The molecule has 0 radical (unpaired) electrons. The van der Waals surface area contributed by atoms with Crippen LogP contribution in [0.25, 0.3) is 0 Å². The first kappa shape index (κ1) is 12.6. The molecule has 1 aromatic rings. The summed E-state index contributed by atoms with van der Waals surface area (Å²) in [5.41, 5.74) is 0.661. The monoisotopic (exact) mass is 243 g/mol. The lowest BCUT2D eigenvalue weighted by Crippen LogP contribution is -2.32. The van der Waals surface area contributed by atoms with E-state index in [2.05, 4.69) is 10.3 Å². The Morgan fingerprint density at radius 2 is 2.31 bits per heavy atom. The average Bonchev–Trinajstić information content (AvgIpc) is 2.65. The molecule has 0 spiro atoms. The fraction of sp³-hybridized carbons (Fsp3) is 0.444. The van der Waals surface area contributed by atoms with Gasteiger partial charge in [0.2, 0.25) is 10.9 Å². The third-order valence-electron chi connectivity index (χ3n) is 1.86. The van der Waals surface area contributed by atoms with E-state index in [-0.39, 0.29) is 17.5 Å². The molecule has 7 heteroatoms. The molecule has 1 heterocycles. The van der Waals surface area contributed by atoms with Crippen LogP contribution in [0.3, 0.4) is 0 Å². The predicted octanol–water partition coefficient (Wildman–Crippen LogP) is 0.0191. The highest BCUT2D eigenvalue weighted by molar-refractivity contribution is 7.11. The zero-order chi connectivity index (χ0) is 12.1. The van der Waals surface area contributed by atoms with Crippen LogP contribution in [0.1, 0.15) is 15.5 Å². The van der Waals surface area contributed by atoms with Gasteiger partial charge >= 0.3 is 5.97 Å². The zero-order valence-corrected chi connectivity index (χ0v) is 9.87. The molecule has 0 aromatic carbocycles. The van der Waals surface area contributed by atoms with Crippen molar-refractivity contribution in [3.05, 3.63) is 16.1 Å². The Morgan fingerprint density at radius 3 is 2.81 bits per heavy atom. The third kappa shape index (κ3) is 3.59. The summed E-state index contributed by atoms with van der Waals surface area (Å²) < 4.78 is 0. The number of thiazole rings is 1. The summed E-state index contributed by atoms with van der Waals surface area (Å²) in [7, 11) is 3.34. The zero-order valence-electron chi connectivity index (χ0n) is 9.06. The van der Waals surface area contributed by atoms with E-state index in [1.54, 1.807) is 24.4 Å². The summed E-state index contributed by atoms with van der Waals surface area (Å²) in [6.45, 7) is 0.716. The van der Waals surface area contributed by atoms with Gasteiger partial charge < -0.3 is 10.4 Å². The summed E-state index contributed by atoms with van der Waals surface area (Å²) >= 11 is 1.09. The molecule has 0 aliphatic rings. The fourth-order valence-corrected chi connectivity index (χ4v) is 1.78. The number of aromatic nitrogens is 1. The number of aromatic carboxylic acids is 1. The number of likely N-dealkylation sites (N-methyl/N-ethyl adjacent to an activating group) is 2. The van der Waals surface area contributed by atoms with Gasteiger partial charge in [-0.15, -0.1) is 11.3 Å². The van der Waals surface area contributed by atoms with Crippen LogP contribution in [0.15, 0.2) is 5.38 Å². The Balaban J connectivity index is 2.52. The van der Waals surface area contributed by atoms with E-state index in [1.165, 1.54) is 0 Å². The molecule has 16 heavy (non-hydrogen) atoms. The van der Waals surface area contributed by atoms with E-state index >= 15 is 0 Å². The molecule has 6 nitrogen and oxygen atoms in total. The molecule has 1 amide bonds. The molecular formula is C9H13N3O3S. The van der Waals surface area contributed by atoms with Gasteiger partial charge in [-0.25, -0.2) is 9.78 Å². The summed E-state index contributed by atoms with van der Waals surface area (Å²) in [6, 6.07) is 0. The van der Waals surface area contributed by atoms with E-state index in [4.69, 9.17) is 5.11 Å². The number of carboxylic acids is 1. The molecular weight excluding hydrogens is 230 g/mol. The molecule has 0 fully saturated rings. The minimum atomic E-state index is -1.02. The van der Waals surface area contributed by atoms with E-state index in [0.717, 1.165) is 11.3 Å². The average molecular weight is 243 g/mol. The number of hydrogen-bond acceptors (Lipinski definition) is 5. The van der Waals surface area contributed by atoms with E-state index in [9.17, 15) is 9.59 Å². The molecule has 1 aromatic heterocycles. The maximum Gasteiger partial charge on any atom is 0.365 e. The van der Waals surface area contributed by atoms with Crippen molar-refractivity contribution in [1.82, 2.24) is 15.2 Å². The highest BCUT2D eigenvalue weighted by Crippen LogP contribution is 2.10. The van der Waals surface area contributed by atoms with Crippen molar-refractivity contribution in [2.75, 3.05) is 20.6 Å². The normalized spacial score (nSPS) is 10.4. The minimum absolute atomic E-state index is 0.0725. The lowest BCUT2D eigenvalue weighted by Gasteiger charge is -2.13. The largest absolute Gasteiger partial charge is 0.476 e.